The highest BCUT2D eigenvalue weighted by molar-refractivity contribution is 5.94. The van der Waals surface area contributed by atoms with Crippen LogP contribution in [0, 0.1) is 5.92 Å². The minimum absolute atomic E-state index is 0. The van der Waals surface area contributed by atoms with E-state index in [4.69, 9.17) is 0 Å². The first kappa shape index (κ1) is 15.0. The van der Waals surface area contributed by atoms with Gasteiger partial charge in [-0.15, -0.1) is 12.4 Å². The molecule has 0 saturated carbocycles. The molecule has 1 atom stereocenters. The summed E-state index contributed by atoms with van der Waals surface area (Å²) in [4.78, 5) is 11.8. The molecule has 1 aliphatic heterocycles. The van der Waals surface area contributed by atoms with Gasteiger partial charge in [-0.3, -0.25) is 4.79 Å². The summed E-state index contributed by atoms with van der Waals surface area (Å²) in [7, 11) is 0. The third kappa shape index (κ3) is 4.67. The van der Waals surface area contributed by atoms with Crippen molar-refractivity contribution in [3.8, 4) is 0 Å². The lowest BCUT2D eigenvalue weighted by Gasteiger charge is -2.22. The zero-order valence-corrected chi connectivity index (χ0v) is 11.3. The molecule has 1 heterocycles. The molecule has 2 N–H and O–H groups in total. The molecule has 3 nitrogen and oxygen atoms in total. The zero-order valence-electron chi connectivity index (χ0n) is 10.5. The molecule has 1 fully saturated rings. The Morgan fingerprint density at radius 3 is 2.78 bits per heavy atom. The SMILES string of the molecule is Cl.O=C(NCCC1CCCNC1)c1ccccc1. The Hall–Kier alpha value is -1.06. The number of nitrogens with one attached hydrogen (secondary N) is 2. The fraction of sp³-hybridized carbons (Fsp3) is 0.500. The van der Waals surface area contributed by atoms with E-state index in [-0.39, 0.29) is 18.3 Å². The molecule has 0 spiro atoms. The number of hydrogen-bond acceptors (Lipinski definition) is 2. The molecule has 1 aromatic rings. The monoisotopic (exact) mass is 268 g/mol. The summed E-state index contributed by atoms with van der Waals surface area (Å²) >= 11 is 0. The first-order valence-electron chi connectivity index (χ1n) is 6.40. The Morgan fingerprint density at radius 1 is 1.33 bits per heavy atom. The average molecular weight is 269 g/mol. The van der Waals surface area contributed by atoms with Gasteiger partial charge < -0.3 is 10.6 Å². The summed E-state index contributed by atoms with van der Waals surface area (Å²) < 4.78 is 0. The number of carbonyl (C=O) groups excluding carboxylic acids is 1. The smallest absolute Gasteiger partial charge is 0.251 e. The number of rotatable bonds is 4. The van der Waals surface area contributed by atoms with Gasteiger partial charge in [-0.05, 0) is 50.4 Å². The van der Waals surface area contributed by atoms with Gasteiger partial charge in [-0.1, -0.05) is 18.2 Å². The zero-order chi connectivity index (χ0) is 11.9. The van der Waals surface area contributed by atoms with Crippen LogP contribution in [0.4, 0.5) is 0 Å². The third-order valence-electron chi connectivity index (χ3n) is 3.27. The highest BCUT2D eigenvalue weighted by Gasteiger charge is 2.12. The molecular weight excluding hydrogens is 248 g/mol. The summed E-state index contributed by atoms with van der Waals surface area (Å²) in [5.74, 6) is 0.759. The quantitative estimate of drug-likeness (QED) is 0.879. The van der Waals surface area contributed by atoms with Crippen molar-refractivity contribution >= 4 is 18.3 Å². The summed E-state index contributed by atoms with van der Waals surface area (Å²) in [5, 5.41) is 6.37. The van der Waals surface area contributed by atoms with E-state index in [1.807, 2.05) is 30.3 Å². The third-order valence-corrected chi connectivity index (χ3v) is 3.27. The van der Waals surface area contributed by atoms with Gasteiger partial charge in [0.25, 0.3) is 5.91 Å². The van der Waals surface area contributed by atoms with E-state index < -0.39 is 0 Å². The second kappa shape index (κ2) is 8.11. The molecule has 0 aromatic heterocycles. The number of carbonyl (C=O) groups is 1. The molecule has 0 radical (unpaired) electrons. The van der Waals surface area contributed by atoms with Gasteiger partial charge in [0.1, 0.15) is 0 Å². The maximum absolute atomic E-state index is 11.8. The Labute approximate surface area is 115 Å². The van der Waals surface area contributed by atoms with Crippen molar-refractivity contribution in [3.05, 3.63) is 35.9 Å². The van der Waals surface area contributed by atoms with Crippen LogP contribution in [0.15, 0.2) is 30.3 Å². The van der Waals surface area contributed by atoms with Gasteiger partial charge in [-0.2, -0.15) is 0 Å². The summed E-state index contributed by atoms with van der Waals surface area (Å²) in [6, 6.07) is 9.39. The molecule has 1 aliphatic rings. The van der Waals surface area contributed by atoms with Crippen molar-refractivity contribution in [2.45, 2.75) is 19.3 Å². The first-order valence-corrected chi connectivity index (χ1v) is 6.40. The topological polar surface area (TPSA) is 41.1 Å². The standard InChI is InChI=1S/C14H20N2O.ClH/c17-14(13-6-2-1-3-7-13)16-10-8-12-5-4-9-15-11-12;/h1-3,6-7,12,15H,4-5,8-11H2,(H,16,17);1H. The minimum Gasteiger partial charge on any atom is -0.352 e. The van der Waals surface area contributed by atoms with Crippen LogP contribution < -0.4 is 10.6 Å². The average Bonchev–Trinajstić information content (AvgIpc) is 2.41. The Balaban J connectivity index is 0.00000162. The summed E-state index contributed by atoms with van der Waals surface area (Å²) in [6.45, 7) is 3.02. The van der Waals surface area contributed by atoms with Crippen LogP contribution in [-0.2, 0) is 0 Å². The lowest BCUT2D eigenvalue weighted by Crippen LogP contribution is -2.33. The second-order valence-corrected chi connectivity index (χ2v) is 4.62. The maximum atomic E-state index is 11.8. The molecule has 1 aromatic carbocycles. The highest BCUT2D eigenvalue weighted by atomic mass is 35.5. The van der Waals surface area contributed by atoms with E-state index in [0.717, 1.165) is 37.5 Å². The first-order chi connectivity index (χ1) is 8.36. The largest absolute Gasteiger partial charge is 0.352 e. The van der Waals surface area contributed by atoms with Gasteiger partial charge in [-0.25, -0.2) is 0 Å². The van der Waals surface area contributed by atoms with Crippen molar-refractivity contribution in [3.63, 3.8) is 0 Å². The van der Waals surface area contributed by atoms with E-state index >= 15 is 0 Å². The van der Waals surface area contributed by atoms with Crippen LogP contribution in [0.25, 0.3) is 0 Å². The van der Waals surface area contributed by atoms with Crippen molar-refractivity contribution < 1.29 is 4.79 Å². The van der Waals surface area contributed by atoms with Crippen LogP contribution in [0.2, 0.25) is 0 Å². The van der Waals surface area contributed by atoms with Gasteiger partial charge in [0.05, 0.1) is 0 Å². The second-order valence-electron chi connectivity index (χ2n) is 4.62. The Bertz CT molecular complexity index is 350. The number of hydrogen-bond donors (Lipinski definition) is 2. The summed E-state index contributed by atoms with van der Waals surface area (Å²) in [6.07, 6.45) is 3.62. The lowest BCUT2D eigenvalue weighted by atomic mass is 9.96. The van der Waals surface area contributed by atoms with Gasteiger partial charge in [0, 0.05) is 12.1 Å². The molecule has 100 valence electrons. The molecular formula is C14H21ClN2O. The van der Waals surface area contributed by atoms with Crippen molar-refractivity contribution in [2.75, 3.05) is 19.6 Å². The van der Waals surface area contributed by atoms with E-state index in [1.54, 1.807) is 0 Å². The number of halogens is 1. The molecule has 4 heteroatoms. The Morgan fingerprint density at radius 2 is 2.11 bits per heavy atom. The molecule has 1 saturated heterocycles. The van der Waals surface area contributed by atoms with Crippen molar-refractivity contribution in [1.82, 2.24) is 10.6 Å². The van der Waals surface area contributed by atoms with Gasteiger partial charge in [0.15, 0.2) is 0 Å². The number of piperidine rings is 1. The van der Waals surface area contributed by atoms with Gasteiger partial charge >= 0.3 is 0 Å². The number of benzene rings is 1. The maximum Gasteiger partial charge on any atom is 0.251 e. The molecule has 2 rings (SSSR count). The minimum atomic E-state index is 0. The van der Waals surface area contributed by atoms with E-state index in [2.05, 4.69) is 10.6 Å². The van der Waals surface area contributed by atoms with Gasteiger partial charge in [0.2, 0.25) is 0 Å². The van der Waals surface area contributed by atoms with E-state index in [0.29, 0.717) is 0 Å². The van der Waals surface area contributed by atoms with Crippen LogP contribution in [0.5, 0.6) is 0 Å². The van der Waals surface area contributed by atoms with Crippen LogP contribution in [0.1, 0.15) is 29.6 Å². The molecule has 0 bridgehead atoms. The fourth-order valence-electron chi connectivity index (χ4n) is 2.25. The predicted octanol–water partition coefficient (Wildman–Crippen LogP) is 2.23. The normalized spacial score (nSPS) is 18.8. The van der Waals surface area contributed by atoms with Crippen molar-refractivity contribution in [1.29, 1.82) is 0 Å². The van der Waals surface area contributed by atoms with E-state index in [9.17, 15) is 4.79 Å². The predicted molar refractivity (Wildman–Crippen MR) is 76.2 cm³/mol. The van der Waals surface area contributed by atoms with E-state index in [1.165, 1.54) is 12.8 Å². The number of amides is 1. The molecule has 0 aliphatic carbocycles. The van der Waals surface area contributed by atoms with Crippen LogP contribution in [-0.4, -0.2) is 25.5 Å². The van der Waals surface area contributed by atoms with Crippen LogP contribution >= 0.6 is 12.4 Å². The fourth-order valence-corrected chi connectivity index (χ4v) is 2.25. The van der Waals surface area contributed by atoms with Crippen molar-refractivity contribution in [2.24, 2.45) is 5.92 Å². The molecule has 1 amide bonds. The lowest BCUT2D eigenvalue weighted by molar-refractivity contribution is 0.0950. The van der Waals surface area contributed by atoms with Crippen LogP contribution in [0.3, 0.4) is 0 Å². The highest BCUT2D eigenvalue weighted by Crippen LogP contribution is 2.12. The summed E-state index contributed by atoms with van der Waals surface area (Å²) in [5.41, 5.74) is 0.745. The Kier molecular flexibility index (Phi) is 6.76. The molecule has 1 unspecified atom stereocenters. The molecule has 18 heavy (non-hydrogen) atoms.